The Balaban J connectivity index is 0. The quantitative estimate of drug-likeness (QED) is 0.613. The van der Waals surface area contributed by atoms with Gasteiger partial charge in [0.2, 0.25) is 0 Å². The van der Waals surface area contributed by atoms with E-state index >= 15 is 0 Å². The Morgan fingerprint density at radius 3 is 1.07 bits per heavy atom. The number of aliphatic hydroxyl groups excluding tert-OH is 2. The third-order valence-corrected chi connectivity index (χ3v) is 2.92. The Bertz CT molecular complexity index is 95.9. The van der Waals surface area contributed by atoms with Crippen LogP contribution in [-0.2, 0) is 0 Å². The van der Waals surface area contributed by atoms with Crippen LogP contribution in [0.15, 0.2) is 0 Å². The molecule has 0 rings (SSSR count). The molecule has 2 N–H and O–H groups in total. The van der Waals surface area contributed by atoms with Crippen LogP contribution >= 0.6 is 46.7 Å². The van der Waals surface area contributed by atoms with Crippen molar-refractivity contribution in [1.82, 2.24) is 0 Å². The molecule has 0 aliphatic rings. The summed E-state index contributed by atoms with van der Waals surface area (Å²) in [6.07, 6.45) is 0. The molecule has 14 heavy (non-hydrogen) atoms. The number of alkyl halides is 2. The zero-order valence-corrected chi connectivity index (χ0v) is 11.9. The SMILES string of the molecule is CC(Cl)SC(C)Cl.CC(O)SC(C)O. The van der Waals surface area contributed by atoms with Crippen LogP contribution in [0.4, 0.5) is 0 Å². The van der Waals surface area contributed by atoms with Crippen LogP contribution in [0.2, 0.25) is 0 Å². The molecule has 0 radical (unpaired) electrons. The van der Waals surface area contributed by atoms with Crippen molar-refractivity contribution in [1.29, 1.82) is 0 Å². The van der Waals surface area contributed by atoms with Gasteiger partial charge in [-0.2, -0.15) is 0 Å². The van der Waals surface area contributed by atoms with Crippen molar-refractivity contribution >= 4 is 46.7 Å². The van der Waals surface area contributed by atoms with Gasteiger partial charge < -0.3 is 10.2 Å². The van der Waals surface area contributed by atoms with Crippen molar-refractivity contribution in [3.05, 3.63) is 0 Å². The average molecular weight is 281 g/mol. The third kappa shape index (κ3) is 23.2. The van der Waals surface area contributed by atoms with Gasteiger partial charge in [-0.15, -0.1) is 46.7 Å². The molecule has 0 aliphatic heterocycles. The molecule has 0 saturated heterocycles. The Kier molecular flexibility index (Phi) is 13.5. The molecule has 88 valence electrons. The van der Waals surface area contributed by atoms with Crippen molar-refractivity contribution in [3.8, 4) is 0 Å². The first-order valence-corrected chi connectivity index (χ1v) is 6.96. The van der Waals surface area contributed by atoms with Crippen LogP contribution in [0.1, 0.15) is 27.7 Å². The lowest BCUT2D eigenvalue weighted by atomic mass is 10.9. The second-order valence-corrected chi connectivity index (χ2v) is 7.71. The van der Waals surface area contributed by atoms with Crippen LogP contribution in [-0.4, -0.2) is 30.5 Å². The average Bonchev–Trinajstić information content (AvgIpc) is 1.79. The van der Waals surface area contributed by atoms with E-state index in [0.717, 1.165) is 11.8 Å². The molecule has 0 saturated carbocycles. The molecule has 4 unspecified atom stereocenters. The lowest BCUT2D eigenvalue weighted by molar-refractivity contribution is 0.256. The standard InChI is InChI=1S/C4H8Cl2S.C4H10O2S/c2*1-3(5)7-4(2)6/h3-4H,1-2H3;3-6H,1-2H3. The Hall–Kier alpha value is 1.20. The predicted molar refractivity (Wildman–Crippen MR) is 69.2 cm³/mol. The molecular weight excluding hydrogens is 263 g/mol. The molecule has 0 fully saturated rings. The largest absolute Gasteiger partial charge is 0.383 e. The summed E-state index contributed by atoms with van der Waals surface area (Å²) in [7, 11) is 0. The van der Waals surface area contributed by atoms with Gasteiger partial charge in [0.15, 0.2) is 0 Å². The zero-order valence-electron chi connectivity index (χ0n) is 8.78. The van der Waals surface area contributed by atoms with Crippen LogP contribution < -0.4 is 0 Å². The van der Waals surface area contributed by atoms with E-state index in [1.54, 1.807) is 25.6 Å². The van der Waals surface area contributed by atoms with Crippen molar-refractivity contribution in [2.75, 3.05) is 0 Å². The number of rotatable bonds is 4. The van der Waals surface area contributed by atoms with Gasteiger partial charge >= 0.3 is 0 Å². The molecule has 0 amide bonds. The van der Waals surface area contributed by atoms with Crippen LogP contribution in [0.3, 0.4) is 0 Å². The van der Waals surface area contributed by atoms with Crippen molar-refractivity contribution in [2.24, 2.45) is 0 Å². The molecule has 6 heteroatoms. The van der Waals surface area contributed by atoms with Gasteiger partial charge in [0, 0.05) is 0 Å². The van der Waals surface area contributed by atoms with Crippen molar-refractivity contribution in [3.63, 3.8) is 0 Å². The van der Waals surface area contributed by atoms with Crippen molar-refractivity contribution in [2.45, 2.75) is 48.0 Å². The number of hydrogen-bond donors (Lipinski definition) is 2. The highest BCUT2D eigenvalue weighted by atomic mass is 35.5. The lowest BCUT2D eigenvalue weighted by Gasteiger charge is -2.04. The molecule has 0 spiro atoms. The predicted octanol–water partition coefficient (Wildman–Crippen LogP) is 3.29. The van der Waals surface area contributed by atoms with E-state index in [-0.39, 0.29) is 9.42 Å². The van der Waals surface area contributed by atoms with Crippen LogP contribution in [0.25, 0.3) is 0 Å². The first kappa shape index (κ1) is 17.6. The van der Waals surface area contributed by atoms with E-state index in [9.17, 15) is 0 Å². The molecule has 0 aliphatic carbocycles. The number of hydrogen-bond acceptors (Lipinski definition) is 4. The van der Waals surface area contributed by atoms with E-state index in [2.05, 4.69) is 0 Å². The summed E-state index contributed by atoms with van der Waals surface area (Å²) >= 11 is 13.8. The number of halogens is 2. The maximum atomic E-state index is 8.53. The minimum atomic E-state index is -0.458. The first-order chi connectivity index (χ1) is 6.25. The minimum absolute atomic E-state index is 0.132. The second-order valence-electron chi connectivity index (χ2n) is 2.56. The van der Waals surface area contributed by atoms with Gasteiger partial charge in [0.25, 0.3) is 0 Å². The highest BCUT2D eigenvalue weighted by Crippen LogP contribution is 2.22. The summed E-state index contributed by atoms with van der Waals surface area (Å²) in [6.45, 7) is 7.06. The minimum Gasteiger partial charge on any atom is -0.383 e. The fraction of sp³-hybridized carbons (Fsp3) is 1.00. The molecule has 0 aromatic carbocycles. The van der Waals surface area contributed by atoms with Gasteiger partial charge in [-0.05, 0) is 27.7 Å². The molecule has 0 heterocycles. The molecule has 0 aromatic rings. The molecule has 0 bridgehead atoms. The number of aliphatic hydroxyl groups is 2. The van der Waals surface area contributed by atoms with Gasteiger partial charge in [-0.3, -0.25) is 0 Å². The van der Waals surface area contributed by atoms with E-state index in [4.69, 9.17) is 33.4 Å². The summed E-state index contributed by atoms with van der Waals surface area (Å²) < 4.78 is 0.264. The van der Waals surface area contributed by atoms with Gasteiger partial charge in [0.05, 0.1) is 20.3 Å². The molecule has 2 nitrogen and oxygen atoms in total. The smallest absolute Gasteiger partial charge is 0.0989 e. The summed E-state index contributed by atoms with van der Waals surface area (Å²) in [5.74, 6) is 0. The Labute approximate surface area is 105 Å². The summed E-state index contributed by atoms with van der Waals surface area (Å²) in [6, 6.07) is 0. The third-order valence-electron chi connectivity index (χ3n) is 0.769. The number of thioether (sulfide) groups is 2. The van der Waals surface area contributed by atoms with E-state index in [1.165, 1.54) is 0 Å². The van der Waals surface area contributed by atoms with E-state index < -0.39 is 10.9 Å². The summed E-state index contributed by atoms with van der Waals surface area (Å²) in [5, 5.41) is 17.1. The zero-order chi connectivity index (χ0) is 11.7. The van der Waals surface area contributed by atoms with Crippen LogP contribution in [0, 0.1) is 0 Å². The summed E-state index contributed by atoms with van der Waals surface area (Å²) in [4.78, 5) is 0. The summed E-state index contributed by atoms with van der Waals surface area (Å²) in [5.41, 5.74) is -0.917. The highest BCUT2D eigenvalue weighted by Gasteiger charge is 2.00. The molecule has 0 aromatic heterocycles. The lowest BCUT2D eigenvalue weighted by Crippen LogP contribution is -2.00. The first-order valence-electron chi connectivity index (χ1n) is 4.21. The monoisotopic (exact) mass is 280 g/mol. The van der Waals surface area contributed by atoms with Gasteiger partial charge in [-0.25, -0.2) is 0 Å². The Morgan fingerprint density at radius 1 is 0.786 bits per heavy atom. The van der Waals surface area contributed by atoms with Gasteiger partial charge in [-0.1, -0.05) is 0 Å². The van der Waals surface area contributed by atoms with E-state index in [1.807, 2.05) is 13.8 Å². The normalized spacial score (nSPS) is 18.9. The second kappa shape index (κ2) is 10.7. The topological polar surface area (TPSA) is 40.5 Å². The fourth-order valence-corrected chi connectivity index (χ4v) is 2.71. The maximum Gasteiger partial charge on any atom is 0.0989 e. The Morgan fingerprint density at radius 2 is 1.07 bits per heavy atom. The van der Waals surface area contributed by atoms with Crippen LogP contribution in [0.5, 0.6) is 0 Å². The molecular formula is C8H18Cl2O2S2. The van der Waals surface area contributed by atoms with Gasteiger partial charge in [0.1, 0.15) is 0 Å². The maximum absolute atomic E-state index is 8.53. The van der Waals surface area contributed by atoms with E-state index in [0.29, 0.717) is 0 Å². The fourth-order valence-electron chi connectivity index (χ4n) is 0.543. The van der Waals surface area contributed by atoms with Crippen molar-refractivity contribution < 1.29 is 10.2 Å². The molecule has 4 atom stereocenters. The highest BCUT2D eigenvalue weighted by molar-refractivity contribution is 8.02.